The number of hydrogen-bond donors (Lipinski definition) is 1. The second kappa shape index (κ2) is 7.74. The van der Waals surface area contributed by atoms with Crippen LogP contribution < -0.4 is 5.32 Å². The minimum atomic E-state index is 0.569. The van der Waals surface area contributed by atoms with Gasteiger partial charge in [0.2, 0.25) is 0 Å². The Hall–Kier alpha value is -0.480. The Kier molecular flexibility index (Phi) is 6.57. The average Bonchev–Trinajstić information content (AvgIpc) is 2.73. The maximum atomic E-state index is 4.27. The molecule has 1 atom stereocenters. The van der Waals surface area contributed by atoms with Crippen molar-refractivity contribution in [1.29, 1.82) is 0 Å². The van der Waals surface area contributed by atoms with E-state index in [1.807, 2.05) is 0 Å². The third kappa shape index (κ3) is 4.58. The fourth-order valence-corrected chi connectivity index (χ4v) is 2.55. The van der Waals surface area contributed by atoms with Gasteiger partial charge in [0.25, 0.3) is 0 Å². The van der Waals surface area contributed by atoms with Gasteiger partial charge in [-0.05, 0) is 19.4 Å². The Balaban J connectivity index is 2.33. The topological polar surface area (TPSA) is 37.8 Å². The van der Waals surface area contributed by atoms with Crippen LogP contribution in [0.5, 0.6) is 0 Å². The van der Waals surface area contributed by atoms with E-state index in [9.17, 15) is 0 Å². The molecule has 0 aromatic carbocycles. The minimum Gasteiger partial charge on any atom is -0.316 e. The number of nitrogens with one attached hydrogen (secondary N) is 1. The van der Waals surface area contributed by atoms with Crippen molar-refractivity contribution in [3.8, 4) is 0 Å². The van der Waals surface area contributed by atoms with Gasteiger partial charge in [0, 0.05) is 18.9 Å². The lowest BCUT2D eigenvalue weighted by atomic mass is 10.1. The minimum absolute atomic E-state index is 0.569. The van der Waals surface area contributed by atoms with Crippen molar-refractivity contribution in [2.24, 2.45) is 0 Å². The highest BCUT2D eigenvalue weighted by atomic mass is 32.1. The van der Waals surface area contributed by atoms with Crippen LogP contribution in [-0.2, 0) is 6.42 Å². The summed E-state index contributed by atoms with van der Waals surface area (Å²) in [5, 5.41) is 14.3. The molecule has 0 aliphatic rings. The first-order chi connectivity index (χ1) is 7.77. The van der Waals surface area contributed by atoms with Gasteiger partial charge in [-0.25, -0.2) is 0 Å². The van der Waals surface area contributed by atoms with E-state index < -0.39 is 0 Å². The smallest absolute Gasteiger partial charge is 0.120 e. The van der Waals surface area contributed by atoms with E-state index in [1.165, 1.54) is 29.3 Å². The molecule has 1 unspecified atom stereocenters. The Morgan fingerprint density at radius 2 is 2.00 bits per heavy atom. The van der Waals surface area contributed by atoms with Crippen molar-refractivity contribution >= 4 is 11.3 Å². The van der Waals surface area contributed by atoms with Gasteiger partial charge in [0.15, 0.2) is 0 Å². The van der Waals surface area contributed by atoms with Gasteiger partial charge in [0.1, 0.15) is 10.0 Å². The third-order valence-corrected chi connectivity index (χ3v) is 3.78. The molecule has 0 saturated heterocycles. The standard InChI is InChI=1S/C12H23N3S/c1-4-6-10(3)12-15-14-11(16-12)7-9-13-8-5-2/h10,13H,4-9H2,1-3H3. The maximum absolute atomic E-state index is 4.27. The molecule has 0 fully saturated rings. The largest absolute Gasteiger partial charge is 0.316 e. The zero-order valence-corrected chi connectivity index (χ0v) is 11.4. The highest BCUT2D eigenvalue weighted by Crippen LogP contribution is 2.23. The van der Waals surface area contributed by atoms with Crippen LogP contribution in [0, 0.1) is 0 Å². The summed E-state index contributed by atoms with van der Waals surface area (Å²) in [5.74, 6) is 0.569. The molecule has 0 radical (unpaired) electrons. The lowest BCUT2D eigenvalue weighted by Gasteiger charge is -2.03. The molecule has 1 N–H and O–H groups in total. The molecule has 4 heteroatoms. The van der Waals surface area contributed by atoms with E-state index in [0.29, 0.717) is 5.92 Å². The van der Waals surface area contributed by atoms with E-state index in [4.69, 9.17) is 0 Å². The molecule has 16 heavy (non-hydrogen) atoms. The molecule has 1 aromatic heterocycles. The van der Waals surface area contributed by atoms with Crippen molar-refractivity contribution in [3.63, 3.8) is 0 Å². The lowest BCUT2D eigenvalue weighted by Crippen LogP contribution is -2.17. The highest BCUT2D eigenvalue weighted by molar-refractivity contribution is 7.11. The van der Waals surface area contributed by atoms with Crippen LogP contribution in [0.4, 0.5) is 0 Å². The predicted molar refractivity (Wildman–Crippen MR) is 70.1 cm³/mol. The fourth-order valence-electron chi connectivity index (χ4n) is 1.62. The Morgan fingerprint density at radius 1 is 1.19 bits per heavy atom. The molecule has 1 heterocycles. The Labute approximate surface area is 103 Å². The van der Waals surface area contributed by atoms with Crippen molar-refractivity contribution in [3.05, 3.63) is 10.0 Å². The summed E-state index contributed by atoms with van der Waals surface area (Å²) in [7, 11) is 0. The molecule has 0 bridgehead atoms. The van der Waals surface area contributed by atoms with Crippen molar-refractivity contribution in [1.82, 2.24) is 15.5 Å². The third-order valence-electron chi connectivity index (χ3n) is 2.57. The number of aromatic nitrogens is 2. The lowest BCUT2D eigenvalue weighted by molar-refractivity contribution is 0.650. The summed E-state index contributed by atoms with van der Waals surface area (Å²) in [6.07, 6.45) is 4.63. The van der Waals surface area contributed by atoms with Gasteiger partial charge in [0.05, 0.1) is 0 Å². The molecule has 0 amide bonds. The number of rotatable bonds is 8. The van der Waals surface area contributed by atoms with E-state index in [0.717, 1.165) is 19.5 Å². The summed E-state index contributed by atoms with van der Waals surface area (Å²) >= 11 is 1.78. The van der Waals surface area contributed by atoms with E-state index in [1.54, 1.807) is 11.3 Å². The Bertz CT molecular complexity index is 286. The Morgan fingerprint density at radius 3 is 2.69 bits per heavy atom. The second-order valence-corrected chi connectivity index (χ2v) is 5.32. The van der Waals surface area contributed by atoms with Crippen LogP contribution >= 0.6 is 11.3 Å². The van der Waals surface area contributed by atoms with Crippen LogP contribution in [0.15, 0.2) is 0 Å². The SMILES string of the molecule is CCCNCCc1nnc(C(C)CCC)s1. The average molecular weight is 241 g/mol. The predicted octanol–water partition coefficient (Wildman–Crippen LogP) is 2.98. The number of nitrogens with zero attached hydrogens (tertiary/aromatic N) is 2. The monoisotopic (exact) mass is 241 g/mol. The zero-order chi connectivity index (χ0) is 11.8. The first kappa shape index (κ1) is 13.6. The molecular weight excluding hydrogens is 218 g/mol. The van der Waals surface area contributed by atoms with E-state index in [-0.39, 0.29) is 0 Å². The van der Waals surface area contributed by atoms with Crippen molar-refractivity contribution in [2.45, 2.75) is 52.4 Å². The molecule has 3 nitrogen and oxygen atoms in total. The fraction of sp³-hybridized carbons (Fsp3) is 0.833. The molecule has 0 aliphatic heterocycles. The molecule has 0 aliphatic carbocycles. The molecule has 0 saturated carbocycles. The first-order valence-corrected chi connectivity index (χ1v) is 7.12. The van der Waals surface area contributed by atoms with Crippen LogP contribution in [0.3, 0.4) is 0 Å². The van der Waals surface area contributed by atoms with E-state index >= 15 is 0 Å². The highest BCUT2D eigenvalue weighted by Gasteiger charge is 2.10. The molecular formula is C12H23N3S. The van der Waals surface area contributed by atoms with Gasteiger partial charge < -0.3 is 5.32 Å². The normalized spacial score (nSPS) is 12.9. The van der Waals surface area contributed by atoms with Gasteiger partial charge in [-0.1, -0.05) is 27.2 Å². The number of hydrogen-bond acceptors (Lipinski definition) is 4. The second-order valence-electron chi connectivity index (χ2n) is 4.22. The maximum Gasteiger partial charge on any atom is 0.120 e. The van der Waals surface area contributed by atoms with E-state index in [2.05, 4.69) is 36.3 Å². The first-order valence-electron chi connectivity index (χ1n) is 6.30. The van der Waals surface area contributed by atoms with Crippen LogP contribution in [-0.4, -0.2) is 23.3 Å². The van der Waals surface area contributed by atoms with Crippen molar-refractivity contribution in [2.75, 3.05) is 13.1 Å². The summed E-state index contributed by atoms with van der Waals surface area (Å²) in [6, 6.07) is 0. The molecule has 0 spiro atoms. The summed E-state index contributed by atoms with van der Waals surface area (Å²) in [4.78, 5) is 0. The van der Waals surface area contributed by atoms with Crippen molar-refractivity contribution < 1.29 is 0 Å². The van der Waals surface area contributed by atoms with Gasteiger partial charge in [-0.3, -0.25) is 0 Å². The molecule has 1 aromatic rings. The van der Waals surface area contributed by atoms with Gasteiger partial charge in [-0.2, -0.15) is 0 Å². The summed E-state index contributed by atoms with van der Waals surface area (Å²) in [5.41, 5.74) is 0. The quantitative estimate of drug-likeness (QED) is 0.711. The summed E-state index contributed by atoms with van der Waals surface area (Å²) in [6.45, 7) is 8.75. The molecule has 1 rings (SSSR count). The van der Waals surface area contributed by atoms with Gasteiger partial charge >= 0.3 is 0 Å². The van der Waals surface area contributed by atoms with Crippen LogP contribution in [0.1, 0.15) is 56.0 Å². The van der Waals surface area contributed by atoms with Gasteiger partial charge in [-0.15, -0.1) is 21.5 Å². The molecule has 92 valence electrons. The zero-order valence-electron chi connectivity index (χ0n) is 10.6. The van der Waals surface area contributed by atoms with Crippen LogP contribution in [0.2, 0.25) is 0 Å². The van der Waals surface area contributed by atoms with Crippen LogP contribution in [0.25, 0.3) is 0 Å². The summed E-state index contributed by atoms with van der Waals surface area (Å²) < 4.78 is 0.